The highest BCUT2D eigenvalue weighted by molar-refractivity contribution is 7.67. The van der Waals surface area contributed by atoms with Crippen LogP contribution < -0.4 is 39.8 Å². The zero-order valence-corrected chi connectivity index (χ0v) is 22.8. The van der Waals surface area contributed by atoms with Crippen molar-refractivity contribution >= 4 is 28.5 Å². The molecule has 0 radical (unpaired) electrons. The minimum atomic E-state index is -1.26. The molecule has 4 aliphatic rings. The molecule has 2 aromatic heterocycles. The number of ether oxygens (including phenoxy) is 4. The molecule has 10 rings (SSSR count). The van der Waals surface area contributed by atoms with Gasteiger partial charge in [0.15, 0.2) is 0 Å². The van der Waals surface area contributed by atoms with E-state index in [-0.39, 0.29) is 0 Å². The third-order valence-corrected chi connectivity index (χ3v) is 11.6. The molecule has 11 heteroatoms. The van der Waals surface area contributed by atoms with Crippen molar-refractivity contribution in [2.45, 2.75) is 11.3 Å². The molecule has 6 aromatic rings. The van der Waals surface area contributed by atoms with Crippen LogP contribution >= 0.6 is 7.53 Å². The molecule has 4 aromatic carbocycles. The van der Waals surface area contributed by atoms with Crippen LogP contribution in [0.3, 0.4) is 0 Å². The molecule has 0 saturated heterocycles. The van der Waals surface area contributed by atoms with Crippen LogP contribution in [0.4, 0.5) is 0 Å². The molecule has 0 aliphatic carbocycles. The van der Waals surface area contributed by atoms with Gasteiger partial charge in [-0.25, -0.2) is 0 Å². The van der Waals surface area contributed by atoms with Gasteiger partial charge in [-0.1, -0.05) is 12.1 Å². The van der Waals surface area contributed by atoms with Crippen LogP contribution in [-0.2, 0) is 11.3 Å². The fourth-order valence-electron chi connectivity index (χ4n) is 7.46. The van der Waals surface area contributed by atoms with Crippen molar-refractivity contribution in [3.05, 3.63) is 89.2 Å². The number of hydrogen-bond donors (Lipinski definition) is 2. The molecule has 0 saturated carbocycles. The standard InChI is InChI=1S/C30H21N6O4P/c1-37-16-5-3-7-18-22(16)29(31)24-20(39-18)11-9-14-15-10-12-21-25-27(15)41(26(14)24)28-35(29)33-13-34-36(28)30(25,32)23-17(38-2)6-4-8-19(23)40-21/h3-13H,31-32H2,1-2H3/q+2. The molecular formula is C30H21N6O4P+2. The quantitative estimate of drug-likeness (QED) is 0.308. The van der Waals surface area contributed by atoms with E-state index in [1.54, 1.807) is 14.2 Å². The maximum absolute atomic E-state index is 7.65. The number of aromatic nitrogens is 4. The van der Waals surface area contributed by atoms with E-state index in [1.165, 1.54) is 6.33 Å². The van der Waals surface area contributed by atoms with E-state index in [2.05, 4.69) is 12.1 Å². The first-order chi connectivity index (χ1) is 20.0. The summed E-state index contributed by atoms with van der Waals surface area (Å²) in [4.78, 5) is 0. The molecule has 10 nitrogen and oxygen atoms in total. The van der Waals surface area contributed by atoms with Crippen molar-refractivity contribution in [1.29, 1.82) is 0 Å². The second-order valence-corrected chi connectivity index (χ2v) is 12.6. The third-order valence-electron chi connectivity index (χ3n) is 8.98. The van der Waals surface area contributed by atoms with Gasteiger partial charge in [0.2, 0.25) is 6.33 Å². The monoisotopic (exact) mass is 560 g/mol. The van der Waals surface area contributed by atoms with E-state index < -0.39 is 18.9 Å². The Labute approximate surface area is 233 Å². The van der Waals surface area contributed by atoms with Gasteiger partial charge < -0.3 is 18.9 Å². The fraction of sp³-hybridized carbons (Fsp3) is 0.133. The summed E-state index contributed by atoms with van der Waals surface area (Å²) in [6.45, 7) is 0. The summed E-state index contributed by atoms with van der Waals surface area (Å²) in [6.07, 6.45) is 1.51. The van der Waals surface area contributed by atoms with E-state index in [0.29, 0.717) is 45.6 Å². The van der Waals surface area contributed by atoms with E-state index >= 15 is 0 Å². The first-order valence-electron chi connectivity index (χ1n) is 13.2. The van der Waals surface area contributed by atoms with Gasteiger partial charge in [-0.15, -0.1) is 0 Å². The van der Waals surface area contributed by atoms with Crippen LogP contribution in [0.15, 0.2) is 67.0 Å². The van der Waals surface area contributed by atoms with Gasteiger partial charge >= 0.3 is 16.9 Å². The summed E-state index contributed by atoms with van der Waals surface area (Å²) in [5, 5.41) is 14.2. The summed E-state index contributed by atoms with van der Waals surface area (Å²) in [6, 6.07) is 19.7. The van der Waals surface area contributed by atoms with Gasteiger partial charge in [-0.3, -0.25) is 11.5 Å². The molecule has 6 heterocycles. The van der Waals surface area contributed by atoms with Gasteiger partial charge in [0.1, 0.15) is 56.8 Å². The average molecular weight is 561 g/mol. The lowest BCUT2D eigenvalue weighted by atomic mass is 9.86. The highest BCUT2D eigenvalue weighted by Gasteiger charge is 2.67. The zero-order chi connectivity index (χ0) is 27.4. The Bertz CT molecular complexity index is 2100. The summed E-state index contributed by atoms with van der Waals surface area (Å²) < 4.78 is 28.5. The van der Waals surface area contributed by atoms with Gasteiger partial charge in [0, 0.05) is 29.8 Å². The highest BCUT2D eigenvalue weighted by atomic mass is 31.1. The lowest BCUT2D eigenvalue weighted by molar-refractivity contribution is -0.899. The van der Waals surface area contributed by atoms with Crippen molar-refractivity contribution in [1.82, 2.24) is 10.2 Å². The normalized spacial score (nSPS) is 21.7. The van der Waals surface area contributed by atoms with Crippen LogP contribution in [0, 0.1) is 0 Å². The molecule has 0 fully saturated rings. The number of nitrogens with zero attached hydrogens (tertiary/aromatic N) is 4. The minimum absolute atomic E-state index is 0.610. The smallest absolute Gasteiger partial charge is 0.496 e. The first kappa shape index (κ1) is 22.0. The van der Waals surface area contributed by atoms with Crippen molar-refractivity contribution in [3.8, 4) is 40.1 Å². The lowest BCUT2D eigenvalue weighted by Crippen LogP contribution is -2.77. The maximum Gasteiger partial charge on any atom is 0.517 e. The summed E-state index contributed by atoms with van der Waals surface area (Å²) in [5.74, 6) is 3.86. The van der Waals surface area contributed by atoms with Crippen LogP contribution in [0.1, 0.15) is 22.3 Å². The average Bonchev–Trinajstić information content (AvgIpc) is 3.34. The van der Waals surface area contributed by atoms with Crippen LogP contribution in [0.5, 0.6) is 34.5 Å². The number of rotatable bonds is 2. The van der Waals surface area contributed by atoms with Gasteiger partial charge in [-0.2, -0.15) is 0 Å². The summed E-state index contributed by atoms with van der Waals surface area (Å²) in [5.41, 5.74) is 16.8. The molecule has 0 amide bonds. The molecule has 4 N–H and O–H groups in total. The number of nitrogens with two attached hydrogens (primary N) is 2. The zero-order valence-electron chi connectivity index (χ0n) is 21.9. The lowest BCUT2D eigenvalue weighted by Gasteiger charge is -2.37. The molecule has 41 heavy (non-hydrogen) atoms. The molecule has 2 atom stereocenters. The van der Waals surface area contributed by atoms with Crippen molar-refractivity contribution in [2.24, 2.45) is 11.5 Å². The Morgan fingerprint density at radius 3 is 1.59 bits per heavy atom. The van der Waals surface area contributed by atoms with Crippen molar-refractivity contribution < 1.29 is 28.3 Å². The molecule has 4 aliphatic heterocycles. The second-order valence-electron chi connectivity index (χ2n) is 10.7. The van der Waals surface area contributed by atoms with Crippen LogP contribution in [0.2, 0.25) is 0 Å². The predicted molar refractivity (Wildman–Crippen MR) is 148 cm³/mol. The highest BCUT2D eigenvalue weighted by Crippen LogP contribution is 2.67. The fourth-order valence-corrected chi connectivity index (χ4v) is 10.8. The Kier molecular flexibility index (Phi) is 3.62. The van der Waals surface area contributed by atoms with Crippen molar-refractivity contribution in [2.75, 3.05) is 14.2 Å². The Hall–Kier alpha value is -4.76. The molecule has 0 spiro atoms. The SMILES string of the molecule is COc1cccc2c1C1(N)c3c(ccc4c5ccc6c7c5p(c34)-c3[n+]1ncn[n+]3C7(N)c1c(OC)cccc1O6)O2. The molecular weight excluding hydrogens is 539 g/mol. The van der Waals surface area contributed by atoms with Gasteiger partial charge in [0.05, 0.1) is 21.8 Å². The van der Waals surface area contributed by atoms with Crippen molar-refractivity contribution in [3.63, 3.8) is 0 Å². The van der Waals surface area contributed by atoms with E-state index in [1.807, 2.05) is 57.9 Å². The Balaban J connectivity index is 1.50. The topological polar surface area (TPSA) is 122 Å². The second kappa shape index (κ2) is 6.75. The van der Waals surface area contributed by atoms with E-state index in [9.17, 15) is 0 Å². The number of fused-ring (bicyclic) bond motifs is 7. The number of methoxy groups -OCH3 is 2. The predicted octanol–water partition coefficient (Wildman–Crippen LogP) is 3.61. The minimum Gasteiger partial charge on any atom is -0.496 e. The number of benzene rings is 4. The summed E-state index contributed by atoms with van der Waals surface area (Å²) in [7, 11) is 2.10. The maximum atomic E-state index is 7.65. The van der Waals surface area contributed by atoms with Crippen LogP contribution in [-0.4, -0.2) is 24.4 Å². The molecule has 0 bridgehead atoms. The Morgan fingerprint density at radius 2 is 1.12 bits per heavy atom. The third kappa shape index (κ3) is 2.13. The molecule has 198 valence electrons. The van der Waals surface area contributed by atoms with E-state index in [0.717, 1.165) is 37.7 Å². The van der Waals surface area contributed by atoms with E-state index in [4.69, 9.17) is 40.6 Å². The van der Waals surface area contributed by atoms with Gasteiger partial charge in [0.25, 0.3) is 0 Å². The summed E-state index contributed by atoms with van der Waals surface area (Å²) >= 11 is 0. The largest absolute Gasteiger partial charge is 0.517 e. The van der Waals surface area contributed by atoms with Gasteiger partial charge in [-0.05, 0) is 59.3 Å². The van der Waals surface area contributed by atoms with Crippen LogP contribution in [0.25, 0.3) is 26.6 Å². The number of hydrogen-bond acceptors (Lipinski definition) is 8. The molecule has 2 unspecified atom stereocenters. The Morgan fingerprint density at radius 1 is 0.659 bits per heavy atom. The first-order valence-corrected chi connectivity index (χ1v) is 14.5.